The second-order valence-electron chi connectivity index (χ2n) is 7.37. The minimum atomic E-state index is -0.138. The van der Waals surface area contributed by atoms with Crippen LogP contribution in [0.2, 0.25) is 0 Å². The van der Waals surface area contributed by atoms with Crippen molar-refractivity contribution in [3.63, 3.8) is 0 Å². The van der Waals surface area contributed by atoms with Crippen LogP contribution < -0.4 is 0 Å². The fourth-order valence-corrected chi connectivity index (χ4v) is 4.03. The molecule has 2 aromatic carbocycles. The van der Waals surface area contributed by atoms with E-state index < -0.39 is 0 Å². The quantitative estimate of drug-likeness (QED) is 0.460. The topological polar surface area (TPSA) is 4.93 Å². The van der Waals surface area contributed by atoms with Gasteiger partial charge >= 0.3 is 0 Å². The molecule has 1 fully saturated rings. The van der Waals surface area contributed by atoms with Crippen molar-refractivity contribution in [2.75, 3.05) is 0 Å². The fourth-order valence-electron chi connectivity index (χ4n) is 4.03. The molecule has 0 amide bonds. The van der Waals surface area contributed by atoms with Crippen LogP contribution >= 0.6 is 0 Å². The van der Waals surface area contributed by atoms with Crippen LogP contribution in [0.4, 0.5) is 4.39 Å². The number of fused-ring (bicyclic) bond motifs is 1. The molecule has 0 radical (unpaired) electrons. The summed E-state index contributed by atoms with van der Waals surface area (Å²) in [6.45, 7) is 10.4. The Kier molecular flexibility index (Phi) is 5.50. The van der Waals surface area contributed by atoms with Crippen LogP contribution in [0.25, 0.3) is 16.6 Å². The van der Waals surface area contributed by atoms with E-state index in [0.717, 1.165) is 5.69 Å². The van der Waals surface area contributed by atoms with Crippen molar-refractivity contribution >= 4 is 10.9 Å². The highest BCUT2D eigenvalue weighted by Gasteiger charge is 2.29. The highest BCUT2D eigenvalue weighted by Crippen LogP contribution is 2.45. The van der Waals surface area contributed by atoms with Crippen molar-refractivity contribution in [2.24, 2.45) is 0 Å². The molecule has 0 N–H and O–H groups in total. The zero-order valence-corrected chi connectivity index (χ0v) is 16.6. The standard InChI is InChI=1S/C22H24FN.C2H6/c1-14(2)22-21(16-7-6-8-16)18-9-4-5-10-20(18)24(22)17-11-12-19(23)15(3)13-17;1-2/h4-5,9-14,16H,6-8H2,1-3H3;1-2H3. The lowest BCUT2D eigenvalue weighted by atomic mass is 9.77. The van der Waals surface area contributed by atoms with E-state index in [1.54, 1.807) is 6.07 Å². The smallest absolute Gasteiger partial charge is 0.126 e. The van der Waals surface area contributed by atoms with Gasteiger partial charge in [0.2, 0.25) is 0 Å². The van der Waals surface area contributed by atoms with Gasteiger partial charge < -0.3 is 4.57 Å². The summed E-state index contributed by atoms with van der Waals surface area (Å²) in [5.41, 5.74) is 5.93. The van der Waals surface area contributed by atoms with E-state index in [-0.39, 0.29) is 5.82 Å². The third-order valence-corrected chi connectivity index (χ3v) is 5.41. The Morgan fingerprint density at radius 1 is 1.04 bits per heavy atom. The van der Waals surface area contributed by atoms with Gasteiger partial charge in [-0.25, -0.2) is 4.39 Å². The minimum Gasteiger partial charge on any atom is -0.313 e. The average Bonchev–Trinajstić information content (AvgIpc) is 2.93. The van der Waals surface area contributed by atoms with Crippen LogP contribution in [0.5, 0.6) is 0 Å². The summed E-state index contributed by atoms with van der Waals surface area (Å²) in [5, 5.41) is 1.37. The predicted molar refractivity (Wildman–Crippen MR) is 110 cm³/mol. The summed E-state index contributed by atoms with van der Waals surface area (Å²) in [5.74, 6) is 0.967. The van der Waals surface area contributed by atoms with Crippen LogP contribution in [0.1, 0.15) is 75.6 Å². The first-order valence-electron chi connectivity index (χ1n) is 9.97. The Labute approximate surface area is 156 Å². The molecule has 0 unspecified atom stereocenters. The fraction of sp³-hybridized carbons (Fsp3) is 0.417. The number of halogens is 1. The summed E-state index contributed by atoms with van der Waals surface area (Å²) in [6, 6.07) is 14.2. The van der Waals surface area contributed by atoms with Crippen molar-refractivity contribution in [3.8, 4) is 5.69 Å². The number of aryl methyl sites for hydroxylation is 1. The second-order valence-corrected chi connectivity index (χ2v) is 7.37. The number of hydrogen-bond donors (Lipinski definition) is 0. The Balaban J connectivity index is 0.000000948. The molecule has 0 aliphatic heterocycles. The van der Waals surface area contributed by atoms with Gasteiger partial charge in [-0.1, -0.05) is 52.3 Å². The number of rotatable bonds is 3. The van der Waals surface area contributed by atoms with Crippen molar-refractivity contribution < 1.29 is 4.39 Å². The molecule has 1 heterocycles. The lowest BCUT2D eigenvalue weighted by Crippen LogP contribution is -2.13. The molecular weight excluding hydrogens is 321 g/mol. The Hall–Kier alpha value is -2.09. The average molecular weight is 352 g/mol. The van der Waals surface area contributed by atoms with Crippen molar-refractivity contribution in [1.29, 1.82) is 0 Å². The first-order chi connectivity index (χ1) is 12.6. The number of nitrogens with zero attached hydrogens (tertiary/aromatic N) is 1. The van der Waals surface area contributed by atoms with E-state index in [4.69, 9.17) is 0 Å². The maximum Gasteiger partial charge on any atom is 0.126 e. The first kappa shape index (κ1) is 18.7. The van der Waals surface area contributed by atoms with Gasteiger partial charge in [0.25, 0.3) is 0 Å². The zero-order chi connectivity index (χ0) is 18.8. The van der Waals surface area contributed by atoms with Gasteiger partial charge in [0.1, 0.15) is 5.82 Å². The van der Waals surface area contributed by atoms with Crippen LogP contribution in [0, 0.1) is 12.7 Å². The molecule has 1 aromatic heterocycles. The summed E-state index contributed by atoms with van der Waals surface area (Å²) in [7, 11) is 0. The van der Waals surface area contributed by atoms with Gasteiger partial charge in [-0.3, -0.25) is 0 Å². The highest BCUT2D eigenvalue weighted by molar-refractivity contribution is 5.88. The van der Waals surface area contributed by atoms with E-state index in [9.17, 15) is 4.39 Å². The van der Waals surface area contributed by atoms with E-state index in [0.29, 0.717) is 17.4 Å². The lowest BCUT2D eigenvalue weighted by Gasteiger charge is -2.28. The molecule has 4 rings (SSSR count). The molecule has 1 aliphatic carbocycles. The molecule has 0 spiro atoms. The van der Waals surface area contributed by atoms with Crippen molar-refractivity contribution in [1.82, 2.24) is 4.57 Å². The SMILES string of the molecule is CC.Cc1cc(-n2c(C(C)C)c(C3CCC3)c3ccccc32)ccc1F. The third kappa shape index (κ3) is 3.06. The molecule has 3 aromatic rings. The first-order valence-corrected chi connectivity index (χ1v) is 9.97. The lowest BCUT2D eigenvalue weighted by molar-refractivity contribution is 0.417. The maximum absolute atomic E-state index is 13.8. The highest BCUT2D eigenvalue weighted by atomic mass is 19.1. The van der Waals surface area contributed by atoms with E-state index >= 15 is 0 Å². The number of benzene rings is 2. The second kappa shape index (κ2) is 7.65. The van der Waals surface area contributed by atoms with Gasteiger partial charge in [0, 0.05) is 16.8 Å². The van der Waals surface area contributed by atoms with Gasteiger partial charge in [0.15, 0.2) is 0 Å². The molecule has 0 saturated heterocycles. The summed E-state index contributed by atoms with van der Waals surface area (Å²) in [4.78, 5) is 0. The van der Waals surface area contributed by atoms with Gasteiger partial charge in [-0.2, -0.15) is 0 Å². The number of para-hydroxylation sites is 1. The Morgan fingerprint density at radius 2 is 1.73 bits per heavy atom. The van der Waals surface area contributed by atoms with Crippen LogP contribution in [0.15, 0.2) is 42.5 Å². The Morgan fingerprint density at radius 3 is 2.31 bits per heavy atom. The molecule has 1 aliphatic rings. The largest absolute Gasteiger partial charge is 0.313 e. The molecule has 1 nitrogen and oxygen atoms in total. The van der Waals surface area contributed by atoms with Gasteiger partial charge in [0.05, 0.1) is 5.52 Å². The third-order valence-electron chi connectivity index (χ3n) is 5.41. The van der Waals surface area contributed by atoms with Crippen LogP contribution in [-0.2, 0) is 0 Å². The molecule has 0 bridgehead atoms. The Bertz CT molecular complexity index is 900. The van der Waals surface area contributed by atoms with Crippen molar-refractivity contribution in [3.05, 3.63) is 65.1 Å². The van der Waals surface area contributed by atoms with E-state index in [2.05, 4.69) is 42.7 Å². The van der Waals surface area contributed by atoms with Gasteiger partial charge in [-0.15, -0.1) is 0 Å². The molecule has 1 saturated carbocycles. The number of aromatic nitrogens is 1. The molecular formula is C24H30FN. The predicted octanol–water partition coefficient (Wildman–Crippen LogP) is 7.50. The van der Waals surface area contributed by atoms with E-state index in [1.165, 1.54) is 41.4 Å². The van der Waals surface area contributed by atoms with Gasteiger partial charge in [-0.05, 0) is 67.0 Å². The molecule has 138 valence electrons. The van der Waals surface area contributed by atoms with Crippen LogP contribution in [0.3, 0.4) is 0 Å². The monoisotopic (exact) mass is 351 g/mol. The molecule has 0 atom stereocenters. The minimum absolute atomic E-state index is 0.138. The maximum atomic E-state index is 13.8. The van der Waals surface area contributed by atoms with E-state index in [1.807, 2.05) is 32.9 Å². The number of hydrogen-bond acceptors (Lipinski definition) is 0. The van der Waals surface area contributed by atoms with Crippen molar-refractivity contribution in [2.45, 2.75) is 65.7 Å². The van der Waals surface area contributed by atoms with Crippen LogP contribution in [-0.4, -0.2) is 4.57 Å². The molecule has 26 heavy (non-hydrogen) atoms. The summed E-state index contributed by atoms with van der Waals surface area (Å²) in [6.07, 6.45) is 3.91. The summed E-state index contributed by atoms with van der Waals surface area (Å²) >= 11 is 0. The summed E-state index contributed by atoms with van der Waals surface area (Å²) < 4.78 is 16.1. The zero-order valence-electron chi connectivity index (χ0n) is 16.6. The molecule has 2 heteroatoms. The normalized spacial score (nSPS) is 14.3.